The third kappa shape index (κ3) is 3.22. The van der Waals surface area contributed by atoms with Gasteiger partial charge in [0.05, 0.1) is 16.9 Å². The minimum atomic E-state index is -0.587. The van der Waals surface area contributed by atoms with Gasteiger partial charge in [-0.05, 0) is 37.3 Å². The lowest BCUT2D eigenvalue weighted by molar-refractivity contribution is -0.120. The second-order valence-corrected chi connectivity index (χ2v) is 7.48. The molecule has 4 rings (SSSR count). The third-order valence-electron chi connectivity index (χ3n) is 4.45. The van der Waals surface area contributed by atoms with Crippen molar-refractivity contribution in [2.24, 2.45) is 0 Å². The number of aryl methyl sites for hydroxylation is 1. The van der Waals surface area contributed by atoms with Crippen LogP contribution in [0.2, 0.25) is 0 Å². The van der Waals surface area contributed by atoms with Crippen LogP contribution in [0.3, 0.4) is 0 Å². The van der Waals surface area contributed by atoms with Crippen LogP contribution in [0.25, 0.3) is 11.3 Å². The predicted octanol–water partition coefficient (Wildman–Crippen LogP) is 3.87. The first-order chi connectivity index (χ1) is 13.4. The number of rotatable bonds is 3. The molecule has 8 heteroatoms. The monoisotopic (exact) mass is 397 g/mol. The number of carbonyl (C=O) groups is 2. The van der Waals surface area contributed by atoms with Gasteiger partial charge in [-0.3, -0.25) is 14.9 Å². The van der Waals surface area contributed by atoms with Gasteiger partial charge in [-0.15, -0.1) is 11.3 Å². The summed E-state index contributed by atoms with van der Waals surface area (Å²) in [6.45, 7) is 1.90. The van der Waals surface area contributed by atoms with Crippen LogP contribution in [0, 0.1) is 12.7 Å². The maximum absolute atomic E-state index is 13.8. The summed E-state index contributed by atoms with van der Waals surface area (Å²) in [6, 6.07) is 11.3. The Labute approximate surface area is 164 Å². The van der Waals surface area contributed by atoms with Gasteiger partial charge < -0.3 is 9.64 Å². The second kappa shape index (κ2) is 7.05. The molecule has 0 spiro atoms. The molecule has 0 fully saturated rings. The van der Waals surface area contributed by atoms with Crippen LogP contribution < -0.4 is 15.0 Å². The zero-order valence-corrected chi connectivity index (χ0v) is 16.0. The molecule has 1 aromatic heterocycles. The molecule has 1 aliphatic heterocycles. The molecule has 0 radical (unpaired) electrons. The van der Waals surface area contributed by atoms with E-state index in [0.717, 1.165) is 10.4 Å². The average Bonchev–Trinajstić information content (AvgIpc) is 3.05. The number of nitrogens with one attached hydrogen (secondary N) is 1. The lowest BCUT2D eigenvalue weighted by Gasteiger charge is -2.26. The van der Waals surface area contributed by atoms with E-state index in [0.29, 0.717) is 22.3 Å². The number of fused-ring (bicyclic) bond motifs is 1. The molecule has 0 unspecified atom stereocenters. The summed E-state index contributed by atoms with van der Waals surface area (Å²) in [7, 11) is 1.70. The fourth-order valence-corrected chi connectivity index (χ4v) is 3.78. The highest BCUT2D eigenvalue weighted by atomic mass is 32.1. The first-order valence-electron chi connectivity index (χ1n) is 8.51. The van der Waals surface area contributed by atoms with E-state index in [1.807, 2.05) is 19.1 Å². The first-order valence-corrected chi connectivity index (χ1v) is 9.33. The Balaban J connectivity index is 1.63. The smallest absolute Gasteiger partial charge is 0.264 e. The molecule has 2 heterocycles. The topological polar surface area (TPSA) is 71.5 Å². The van der Waals surface area contributed by atoms with E-state index in [1.54, 1.807) is 24.1 Å². The molecule has 0 saturated heterocycles. The Morgan fingerprint density at radius 2 is 2.07 bits per heavy atom. The molecule has 3 aromatic rings. The maximum Gasteiger partial charge on any atom is 0.264 e. The van der Waals surface area contributed by atoms with Gasteiger partial charge in [-0.1, -0.05) is 12.1 Å². The molecular weight excluding hydrogens is 381 g/mol. The average molecular weight is 397 g/mol. The molecule has 1 aliphatic rings. The molecule has 142 valence electrons. The van der Waals surface area contributed by atoms with E-state index in [9.17, 15) is 14.0 Å². The summed E-state index contributed by atoms with van der Waals surface area (Å²) in [6.07, 6.45) is 0. The molecule has 0 saturated carbocycles. The molecule has 0 aliphatic carbocycles. The fourth-order valence-electron chi connectivity index (χ4n) is 2.95. The second-order valence-electron chi connectivity index (χ2n) is 6.28. The number of nitrogens with zero attached hydrogens (tertiary/aromatic N) is 2. The molecule has 2 amide bonds. The summed E-state index contributed by atoms with van der Waals surface area (Å²) in [5, 5.41) is 3.02. The number of anilines is 2. The van der Waals surface area contributed by atoms with Gasteiger partial charge in [0, 0.05) is 17.5 Å². The minimum absolute atomic E-state index is 0.0187. The van der Waals surface area contributed by atoms with Crippen molar-refractivity contribution in [1.82, 2.24) is 4.98 Å². The van der Waals surface area contributed by atoms with E-state index in [2.05, 4.69) is 10.3 Å². The number of thiazole rings is 1. The normalized spacial score (nSPS) is 13.1. The molecule has 1 N–H and O–H groups in total. The van der Waals surface area contributed by atoms with Crippen LogP contribution in [-0.4, -0.2) is 30.5 Å². The van der Waals surface area contributed by atoms with Crippen molar-refractivity contribution in [1.29, 1.82) is 0 Å². The first kappa shape index (κ1) is 18.1. The van der Waals surface area contributed by atoms with Crippen molar-refractivity contribution in [3.05, 3.63) is 58.7 Å². The lowest BCUT2D eigenvalue weighted by Crippen LogP contribution is -2.35. The number of likely N-dealkylation sites (N-methyl/N-ethyl adjacent to an activating group) is 1. The van der Waals surface area contributed by atoms with Gasteiger partial charge >= 0.3 is 0 Å². The quantitative estimate of drug-likeness (QED) is 0.728. The summed E-state index contributed by atoms with van der Waals surface area (Å²) in [4.78, 5) is 31.1. The van der Waals surface area contributed by atoms with Gasteiger partial charge in [0.25, 0.3) is 11.8 Å². The minimum Gasteiger partial charge on any atom is -0.482 e. The van der Waals surface area contributed by atoms with Gasteiger partial charge in [0.2, 0.25) is 0 Å². The highest BCUT2D eigenvalue weighted by Crippen LogP contribution is 2.37. The number of benzene rings is 2. The van der Waals surface area contributed by atoms with Gasteiger partial charge in [0.1, 0.15) is 11.6 Å². The van der Waals surface area contributed by atoms with Gasteiger partial charge in [-0.2, -0.15) is 0 Å². The van der Waals surface area contributed by atoms with E-state index < -0.39 is 11.7 Å². The number of hydrogen-bond acceptors (Lipinski definition) is 5. The highest BCUT2D eigenvalue weighted by Gasteiger charge is 2.23. The molecule has 0 atom stereocenters. The Morgan fingerprint density at radius 3 is 2.86 bits per heavy atom. The maximum atomic E-state index is 13.8. The van der Waals surface area contributed by atoms with Crippen molar-refractivity contribution in [3.63, 3.8) is 0 Å². The Bertz CT molecular complexity index is 1100. The van der Waals surface area contributed by atoms with Crippen LogP contribution in [0.4, 0.5) is 15.2 Å². The van der Waals surface area contributed by atoms with E-state index in [4.69, 9.17) is 4.74 Å². The van der Waals surface area contributed by atoms with Crippen LogP contribution in [0.1, 0.15) is 15.2 Å². The molecule has 0 bridgehead atoms. The fraction of sp³-hybridized carbons (Fsp3) is 0.150. The number of hydrogen-bond donors (Lipinski definition) is 1. The van der Waals surface area contributed by atoms with Gasteiger partial charge in [0.15, 0.2) is 11.7 Å². The van der Waals surface area contributed by atoms with Crippen LogP contribution in [0.15, 0.2) is 42.5 Å². The Kier molecular flexibility index (Phi) is 4.56. The largest absolute Gasteiger partial charge is 0.482 e. The van der Waals surface area contributed by atoms with Crippen molar-refractivity contribution >= 4 is 34.0 Å². The number of halogens is 1. The Hall–Kier alpha value is -3.26. The van der Waals surface area contributed by atoms with Crippen molar-refractivity contribution in [2.45, 2.75) is 6.92 Å². The molecule has 28 heavy (non-hydrogen) atoms. The van der Waals surface area contributed by atoms with Crippen LogP contribution in [0.5, 0.6) is 5.75 Å². The van der Waals surface area contributed by atoms with Crippen molar-refractivity contribution in [3.8, 4) is 17.0 Å². The summed E-state index contributed by atoms with van der Waals surface area (Å²) in [5.41, 5.74) is 2.10. The third-order valence-corrected chi connectivity index (χ3v) is 5.34. The zero-order valence-electron chi connectivity index (χ0n) is 15.2. The van der Waals surface area contributed by atoms with Crippen LogP contribution in [-0.2, 0) is 4.79 Å². The summed E-state index contributed by atoms with van der Waals surface area (Å²) >= 11 is 1.30. The molecule has 6 nitrogen and oxygen atoms in total. The van der Waals surface area contributed by atoms with E-state index in [-0.39, 0.29) is 18.1 Å². The SMILES string of the molecule is Cc1sc(NC(=O)c2ccccc2F)nc1-c1ccc2c(c1)N(C)C(=O)CO2. The molecule has 2 aromatic carbocycles. The number of aromatic nitrogens is 1. The zero-order chi connectivity index (χ0) is 19.8. The summed E-state index contributed by atoms with van der Waals surface area (Å²) < 4.78 is 19.2. The highest BCUT2D eigenvalue weighted by molar-refractivity contribution is 7.16. The predicted molar refractivity (Wildman–Crippen MR) is 106 cm³/mol. The van der Waals surface area contributed by atoms with Crippen molar-refractivity contribution < 1.29 is 18.7 Å². The van der Waals surface area contributed by atoms with Gasteiger partial charge in [-0.25, -0.2) is 9.37 Å². The standard InChI is InChI=1S/C20H16FN3O3S/c1-11-18(12-7-8-16-15(9-12)24(2)17(25)10-27-16)22-20(28-11)23-19(26)13-5-3-4-6-14(13)21/h3-9H,10H2,1-2H3,(H,22,23,26). The molecular formula is C20H16FN3O3S. The lowest BCUT2D eigenvalue weighted by atomic mass is 10.1. The number of amides is 2. The number of carbonyl (C=O) groups excluding carboxylic acids is 2. The number of ether oxygens (including phenoxy) is 1. The summed E-state index contributed by atoms with van der Waals surface area (Å²) in [5.74, 6) is -0.636. The van der Waals surface area contributed by atoms with Crippen LogP contribution >= 0.6 is 11.3 Å². The van der Waals surface area contributed by atoms with Crippen molar-refractivity contribution in [2.75, 3.05) is 23.9 Å². The van der Waals surface area contributed by atoms with E-state index in [1.165, 1.54) is 29.5 Å². The Morgan fingerprint density at radius 1 is 1.29 bits per heavy atom. The van der Waals surface area contributed by atoms with E-state index >= 15 is 0 Å².